The van der Waals surface area contributed by atoms with Crippen LogP contribution >= 0.6 is 0 Å². The fourth-order valence-corrected chi connectivity index (χ4v) is 3.64. The monoisotopic (exact) mass is 195 g/mol. The first kappa shape index (κ1) is 9.34. The van der Waals surface area contributed by atoms with Crippen LogP contribution in [0.15, 0.2) is 23.2 Å². The normalized spacial score (nSPS) is 43.8. The third-order valence-electron chi connectivity index (χ3n) is 4.44. The molecule has 0 amide bonds. The number of fused-ring (bicyclic) bond motifs is 1. The van der Waals surface area contributed by atoms with Crippen molar-refractivity contribution < 1.29 is 0 Å². The third-order valence-corrected chi connectivity index (χ3v) is 4.44. The van der Waals surface area contributed by atoms with Gasteiger partial charge >= 0.3 is 0 Å². The molecule has 2 saturated carbocycles. The van der Waals surface area contributed by atoms with Crippen molar-refractivity contribution in [2.24, 2.45) is 23.2 Å². The minimum atomic E-state index is 0.504. The Balaban J connectivity index is 1.94. The lowest BCUT2D eigenvalue weighted by Crippen LogP contribution is -2.35. The first-order valence-corrected chi connectivity index (χ1v) is 5.95. The fourth-order valence-electron chi connectivity index (χ4n) is 3.64. The summed E-state index contributed by atoms with van der Waals surface area (Å²) in [5, 5.41) is 0. The van der Waals surface area contributed by atoms with E-state index in [0.29, 0.717) is 17.3 Å². The second-order valence-corrected chi connectivity index (χ2v) is 5.00. The van der Waals surface area contributed by atoms with E-state index in [0.717, 1.165) is 12.3 Å². The van der Waals surface area contributed by atoms with Gasteiger partial charge in [-0.2, -0.15) is 0 Å². The van der Waals surface area contributed by atoms with Crippen molar-refractivity contribution in [2.45, 2.75) is 27.1 Å². The van der Waals surface area contributed by atoms with Gasteiger partial charge in [-0.3, -0.25) is 0 Å². The third kappa shape index (κ3) is 0.912. The summed E-state index contributed by atoms with van der Waals surface area (Å²) >= 11 is 0. The summed E-state index contributed by atoms with van der Waals surface area (Å²) in [5.74, 6) is 8.82. The Kier molecular flexibility index (Phi) is 1.75. The van der Waals surface area contributed by atoms with Crippen LogP contribution in [-0.2, 0) is 0 Å². The molecule has 4 atom stereocenters. The van der Waals surface area contributed by atoms with Crippen molar-refractivity contribution in [3.63, 3.8) is 0 Å². The van der Waals surface area contributed by atoms with Gasteiger partial charge in [-0.15, -0.1) is 5.92 Å². The number of hydrogen-bond donors (Lipinski definition) is 0. The van der Waals surface area contributed by atoms with Crippen LogP contribution in [-0.4, -0.2) is 7.28 Å². The van der Waals surface area contributed by atoms with Gasteiger partial charge in [0.2, 0.25) is 0 Å². The maximum atomic E-state index is 3.45. The van der Waals surface area contributed by atoms with Crippen LogP contribution in [0.2, 0.25) is 6.82 Å². The Morgan fingerprint density at radius 1 is 1.53 bits per heavy atom. The van der Waals surface area contributed by atoms with Crippen molar-refractivity contribution >= 4 is 7.28 Å². The Hall–Kier alpha value is -0.895. The van der Waals surface area contributed by atoms with Crippen molar-refractivity contribution in [1.29, 1.82) is 0 Å². The topological polar surface area (TPSA) is 0 Å². The molecular weight excluding hydrogens is 179 g/mol. The van der Waals surface area contributed by atoms with Gasteiger partial charge < -0.3 is 0 Å². The molecule has 3 aliphatic carbocycles. The van der Waals surface area contributed by atoms with E-state index in [1.807, 2.05) is 0 Å². The minimum absolute atomic E-state index is 0.504. The van der Waals surface area contributed by atoms with Crippen molar-refractivity contribution in [3.8, 4) is 11.8 Å². The van der Waals surface area contributed by atoms with Crippen LogP contribution in [0.5, 0.6) is 0 Å². The summed E-state index contributed by atoms with van der Waals surface area (Å²) in [6.45, 7) is 6.68. The first-order chi connectivity index (χ1) is 7.25. The Bertz CT molecular complexity index is 432. The molecule has 3 rings (SSSR count). The molecule has 75 valence electrons. The molecule has 1 heteroatoms. The smallest absolute Gasteiger partial charge is 0.103 e. The molecule has 0 aliphatic heterocycles. The lowest BCUT2D eigenvalue weighted by atomic mass is 9.63. The highest BCUT2D eigenvalue weighted by Crippen LogP contribution is 2.79. The van der Waals surface area contributed by atoms with Gasteiger partial charge in [0.25, 0.3) is 0 Å². The molecule has 0 bridgehead atoms. The predicted molar refractivity (Wildman–Crippen MR) is 64.4 cm³/mol. The second-order valence-electron chi connectivity index (χ2n) is 5.00. The zero-order valence-corrected chi connectivity index (χ0v) is 9.67. The van der Waals surface area contributed by atoms with Crippen molar-refractivity contribution in [2.75, 3.05) is 0 Å². The van der Waals surface area contributed by atoms with Gasteiger partial charge in [0, 0.05) is 29.6 Å². The summed E-state index contributed by atoms with van der Waals surface area (Å²) in [6, 6.07) is 0. The second kappa shape index (κ2) is 2.82. The standard InChI is InChI=1S/C14H16B/c1-4-5-6-9-10-7-8-11(15-3)13-12(9)14(10,13)2/h7-10,12H,4H2,1-3H3/t9?,10-,12?,14-/m0/s1. The lowest BCUT2D eigenvalue weighted by molar-refractivity contribution is 0.167. The number of rotatable bonds is 1. The van der Waals surface area contributed by atoms with Crippen LogP contribution in [0.3, 0.4) is 0 Å². The molecule has 3 aliphatic rings. The average Bonchev–Trinajstić information content (AvgIpc) is 2.86. The minimum Gasteiger partial charge on any atom is -0.103 e. The van der Waals surface area contributed by atoms with Crippen LogP contribution in [0.1, 0.15) is 20.3 Å². The molecular formula is C14H16B. The summed E-state index contributed by atoms with van der Waals surface area (Å²) < 4.78 is 0. The van der Waals surface area contributed by atoms with E-state index in [1.54, 1.807) is 5.57 Å². The molecule has 0 aromatic carbocycles. The van der Waals surface area contributed by atoms with Gasteiger partial charge in [0.15, 0.2) is 0 Å². The SMILES string of the molecule is C[B]C1=C2C3C(C#CCC)[C@H](C=C1)[C@]23C. The highest BCUT2D eigenvalue weighted by Gasteiger charge is 2.74. The van der Waals surface area contributed by atoms with Crippen LogP contribution in [0.25, 0.3) is 0 Å². The fraction of sp³-hybridized carbons (Fsp3) is 0.571. The van der Waals surface area contributed by atoms with Crippen LogP contribution < -0.4 is 0 Å². The predicted octanol–water partition coefficient (Wildman–Crippen LogP) is 2.86. The molecule has 15 heavy (non-hydrogen) atoms. The van der Waals surface area contributed by atoms with E-state index >= 15 is 0 Å². The molecule has 1 radical (unpaired) electrons. The van der Waals surface area contributed by atoms with E-state index in [4.69, 9.17) is 0 Å². The Morgan fingerprint density at radius 3 is 3.00 bits per heavy atom. The zero-order chi connectivity index (χ0) is 10.6. The maximum Gasteiger partial charge on any atom is 0.148 e. The molecule has 0 N–H and O–H groups in total. The first-order valence-electron chi connectivity index (χ1n) is 5.95. The van der Waals surface area contributed by atoms with E-state index < -0.39 is 0 Å². The molecule has 2 fully saturated rings. The van der Waals surface area contributed by atoms with Crippen LogP contribution in [0.4, 0.5) is 0 Å². The van der Waals surface area contributed by atoms with Crippen LogP contribution in [0, 0.1) is 35.0 Å². The summed E-state index contributed by atoms with van der Waals surface area (Å²) in [4.78, 5) is 0. The molecule has 0 heterocycles. The van der Waals surface area contributed by atoms with Gasteiger partial charge in [-0.1, -0.05) is 49.8 Å². The molecule has 0 spiro atoms. The lowest BCUT2D eigenvalue weighted by Gasteiger charge is -2.37. The summed E-state index contributed by atoms with van der Waals surface area (Å²) in [5.41, 5.74) is 3.66. The Labute approximate surface area is 93.1 Å². The van der Waals surface area contributed by atoms with Crippen molar-refractivity contribution in [1.82, 2.24) is 0 Å². The van der Waals surface area contributed by atoms with E-state index in [2.05, 4.69) is 51.9 Å². The summed E-state index contributed by atoms with van der Waals surface area (Å²) in [7, 11) is 2.25. The zero-order valence-electron chi connectivity index (χ0n) is 9.67. The maximum absolute atomic E-state index is 3.45. The average molecular weight is 195 g/mol. The van der Waals surface area contributed by atoms with E-state index in [-0.39, 0.29) is 0 Å². The van der Waals surface area contributed by atoms with Gasteiger partial charge in [-0.25, -0.2) is 0 Å². The molecule has 0 nitrogen and oxygen atoms in total. The molecule has 0 aromatic rings. The highest BCUT2D eigenvalue weighted by atomic mass is 14.8. The molecule has 0 saturated heterocycles. The van der Waals surface area contributed by atoms with Gasteiger partial charge in [0.1, 0.15) is 7.28 Å². The number of allylic oxidation sites excluding steroid dienone is 4. The highest BCUT2D eigenvalue weighted by molar-refractivity contribution is 6.45. The van der Waals surface area contributed by atoms with Gasteiger partial charge in [0.05, 0.1) is 0 Å². The quantitative estimate of drug-likeness (QED) is 0.445. The van der Waals surface area contributed by atoms with E-state index in [1.165, 1.54) is 5.47 Å². The Morgan fingerprint density at radius 2 is 2.33 bits per heavy atom. The molecule has 2 unspecified atom stereocenters. The van der Waals surface area contributed by atoms with Crippen molar-refractivity contribution in [3.05, 3.63) is 23.2 Å². The molecule has 0 aromatic heterocycles. The van der Waals surface area contributed by atoms with E-state index in [9.17, 15) is 0 Å². The summed E-state index contributed by atoms with van der Waals surface area (Å²) in [6.07, 6.45) is 5.68. The van der Waals surface area contributed by atoms with Gasteiger partial charge in [-0.05, 0) is 0 Å². The largest absolute Gasteiger partial charge is 0.148 e. The number of hydrogen-bond acceptors (Lipinski definition) is 0.